The number of benzene rings is 1. The Hall–Kier alpha value is -2.75. The minimum Gasteiger partial charge on any atom is -0.338 e. The summed E-state index contributed by atoms with van der Waals surface area (Å²) in [5.74, 6) is -0.547. The van der Waals surface area contributed by atoms with Crippen molar-refractivity contribution in [1.82, 2.24) is 9.55 Å². The van der Waals surface area contributed by atoms with E-state index in [0.29, 0.717) is 24.0 Å². The van der Waals surface area contributed by atoms with Gasteiger partial charge in [-0.1, -0.05) is 30.3 Å². The number of nitrogens with zero attached hydrogens (tertiary/aromatic N) is 2. The van der Waals surface area contributed by atoms with Crippen molar-refractivity contribution >= 4 is 23.0 Å². The molecule has 98 valence electrons. The number of hydrogen-bond donors (Lipinski definition) is 0. The van der Waals surface area contributed by atoms with Crippen molar-refractivity contribution in [3.63, 3.8) is 0 Å². The van der Waals surface area contributed by atoms with Crippen LogP contribution in [-0.2, 0) is 11.3 Å². The Balaban J connectivity index is 2.14. The largest absolute Gasteiger partial charge is 0.338 e. The summed E-state index contributed by atoms with van der Waals surface area (Å²) in [6, 6.07) is 13.5. The molecule has 0 aliphatic heterocycles. The molecule has 0 spiro atoms. The van der Waals surface area contributed by atoms with Crippen LogP contribution in [0.1, 0.15) is 16.1 Å². The maximum Gasteiger partial charge on any atom is 0.243 e. The topological polar surface area (TPSA) is 52.0 Å². The highest BCUT2D eigenvalue weighted by atomic mass is 16.2. The van der Waals surface area contributed by atoms with Gasteiger partial charge in [-0.3, -0.25) is 14.6 Å². The first-order valence-electron chi connectivity index (χ1n) is 6.27. The van der Waals surface area contributed by atoms with Crippen LogP contribution in [0.25, 0.3) is 10.9 Å². The molecule has 0 N–H and O–H groups in total. The molecular weight excluding hydrogens is 252 g/mol. The first kappa shape index (κ1) is 12.3. The van der Waals surface area contributed by atoms with Crippen LogP contribution in [0, 0.1) is 0 Å². The monoisotopic (exact) mass is 264 g/mol. The van der Waals surface area contributed by atoms with Gasteiger partial charge in [0.05, 0.1) is 5.52 Å². The molecule has 2 aromatic heterocycles. The second-order valence-electron chi connectivity index (χ2n) is 4.51. The van der Waals surface area contributed by atoms with Crippen molar-refractivity contribution in [2.75, 3.05) is 0 Å². The first-order chi connectivity index (χ1) is 9.79. The highest BCUT2D eigenvalue weighted by Crippen LogP contribution is 2.20. The van der Waals surface area contributed by atoms with Crippen molar-refractivity contribution < 1.29 is 9.59 Å². The molecule has 0 radical (unpaired) electrons. The summed E-state index contributed by atoms with van der Waals surface area (Å²) >= 11 is 0. The van der Waals surface area contributed by atoms with Gasteiger partial charge in [-0.15, -0.1) is 0 Å². The minimum absolute atomic E-state index is 0.338. The van der Waals surface area contributed by atoms with E-state index in [2.05, 4.69) is 4.98 Å². The number of carbonyl (C=O) groups excluding carboxylic acids is 2. The number of Topliss-reactive ketones (excluding diaryl/α,β-unsaturated/α-hetero) is 1. The van der Waals surface area contributed by atoms with Gasteiger partial charge in [-0.2, -0.15) is 0 Å². The van der Waals surface area contributed by atoms with Gasteiger partial charge in [-0.05, 0) is 17.7 Å². The number of ketones is 1. The van der Waals surface area contributed by atoms with Crippen LogP contribution in [0.15, 0.2) is 54.9 Å². The van der Waals surface area contributed by atoms with Gasteiger partial charge in [-0.25, -0.2) is 0 Å². The van der Waals surface area contributed by atoms with Gasteiger partial charge in [0, 0.05) is 24.3 Å². The Morgan fingerprint density at radius 1 is 1.15 bits per heavy atom. The van der Waals surface area contributed by atoms with Gasteiger partial charge in [0.2, 0.25) is 5.78 Å². The summed E-state index contributed by atoms with van der Waals surface area (Å²) in [7, 11) is 0. The third-order valence-electron chi connectivity index (χ3n) is 3.18. The summed E-state index contributed by atoms with van der Waals surface area (Å²) in [6.07, 6.45) is 3.81. The minimum atomic E-state index is -0.547. The van der Waals surface area contributed by atoms with Gasteiger partial charge in [0.1, 0.15) is 5.69 Å². The average Bonchev–Trinajstić information content (AvgIpc) is 2.85. The highest BCUT2D eigenvalue weighted by Gasteiger charge is 2.17. The molecule has 0 atom stereocenters. The SMILES string of the molecule is O=CC(=O)c1c2ncccc2cn1Cc1ccccc1. The third-order valence-corrected chi connectivity index (χ3v) is 3.18. The first-order valence-corrected chi connectivity index (χ1v) is 6.27. The lowest BCUT2D eigenvalue weighted by atomic mass is 10.2. The smallest absolute Gasteiger partial charge is 0.243 e. The van der Waals surface area contributed by atoms with Gasteiger partial charge in [0.25, 0.3) is 0 Å². The van der Waals surface area contributed by atoms with Gasteiger partial charge >= 0.3 is 0 Å². The summed E-state index contributed by atoms with van der Waals surface area (Å²) in [5, 5.41) is 0.855. The Morgan fingerprint density at radius 3 is 2.70 bits per heavy atom. The fourth-order valence-corrected chi connectivity index (χ4v) is 2.31. The molecule has 2 heterocycles. The predicted octanol–water partition coefficient (Wildman–Crippen LogP) is 2.47. The number of fused-ring (bicyclic) bond motifs is 1. The van der Waals surface area contributed by atoms with Crippen LogP contribution in [0.4, 0.5) is 0 Å². The normalized spacial score (nSPS) is 10.6. The van der Waals surface area contributed by atoms with Crippen molar-refractivity contribution in [3.8, 4) is 0 Å². The van der Waals surface area contributed by atoms with E-state index in [0.717, 1.165) is 10.9 Å². The van der Waals surface area contributed by atoms with Crippen LogP contribution in [0.5, 0.6) is 0 Å². The molecule has 4 heteroatoms. The number of aromatic nitrogens is 2. The van der Waals surface area contributed by atoms with Crippen LogP contribution in [0.3, 0.4) is 0 Å². The fraction of sp³-hybridized carbons (Fsp3) is 0.0625. The van der Waals surface area contributed by atoms with Gasteiger partial charge < -0.3 is 4.57 Å². The molecule has 0 bridgehead atoms. The molecule has 4 nitrogen and oxygen atoms in total. The maximum atomic E-state index is 11.9. The zero-order valence-corrected chi connectivity index (χ0v) is 10.7. The highest BCUT2D eigenvalue weighted by molar-refractivity contribution is 6.35. The Bertz CT molecular complexity index is 776. The number of pyridine rings is 1. The fourth-order valence-electron chi connectivity index (χ4n) is 2.31. The van der Waals surface area contributed by atoms with Crippen molar-refractivity contribution in [3.05, 3.63) is 66.1 Å². The van der Waals surface area contributed by atoms with E-state index in [4.69, 9.17) is 0 Å². The summed E-state index contributed by atoms with van der Waals surface area (Å²) in [6.45, 7) is 0.534. The molecule has 0 unspecified atom stereocenters. The lowest BCUT2D eigenvalue weighted by Gasteiger charge is -2.06. The number of carbonyl (C=O) groups is 2. The molecule has 0 saturated carbocycles. The van der Waals surface area contributed by atoms with E-state index < -0.39 is 5.78 Å². The van der Waals surface area contributed by atoms with E-state index in [1.807, 2.05) is 48.7 Å². The Kier molecular flexibility index (Phi) is 3.13. The third kappa shape index (κ3) is 2.12. The lowest BCUT2D eigenvalue weighted by molar-refractivity contribution is -0.104. The molecule has 1 aromatic carbocycles. The van der Waals surface area contributed by atoms with Crippen LogP contribution < -0.4 is 0 Å². The van der Waals surface area contributed by atoms with Crippen LogP contribution in [-0.4, -0.2) is 21.6 Å². The molecule has 3 rings (SSSR count). The molecule has 20 heavy (non-hydrogen) atoms. The Morgan fingerprint density at radius 2 is 1.95 bits per heavy atom. The average molecular weight is 264 g/mol. The second kappa shape index (κ2) is 5.09. The molecule has 0 fully saturated rings. The van der Waals surface area contributed by atoms with Gasteiger partial charge in [0.15, 0.2) is 6.29 Å². The summed E-state index contributed by atoms with van der Waals surface area (Å²) < 4.78 is 1.78. The standard InChI is InChI=1S/C16H12N2O2/c19-11-14(20)16-15-13(7-4-8-17-15)10-18(16)9-12-5-2-1-3-6-12/h1-8,10-11H,9H2. The molecular formula is C16H12N2O2. The number of hydrogen-bond acceptors (Lipinski definition) is 3. The zero-order chi connectivity index (χ0) is 13.9. The van der Waals surface area contributed by atoms with Crippen molar-refractivity contribution in [2.24, 2.45) is 0 Å². The summed E-state index contributed by atoms with van der Waals surface area (Å²) in [4.78, 5) is 26.9. The van der Waals surface area contributed by atoms with E-state index in [9.17, 15) is 9.59 Å². The Labute approximate surface area is 115 Å². The molecule has 0 saturated heterocycles. The second-order valence-corrected chi connectivity index (χ2v) is 4.51. The van der Waals surface area contributed by atoms with E-state index in [1.54, 1.807) is 10.8 Å². The van der Waals surface area contributed by atoms with Crippen molar-refractivity contribution in [2.45, 2.75) is 6.54 Å². The molecule has 0 aliphatic carbocycles. The quantitative estimate of drug-likeness (QED) is 0.413. The van der Waals surface area contributed by atoms with E-state index in [-0.39, 0.29) is 0 Å². The maximum absolute atomic E-state index is 11.9. The molecule has 0 amide bonds. The lowest BCUT2D eigenvalue weighted by Crippen LogP contribution is -2.10. The number of rotatable bonds is 4. The predicted molar refractivity (Wildman–Crippen MR) is 75.7 cm³/mol. The van der Waals surface area contributed by atoms with Crippen LogP contribution >= 0.6 is 0 Å². The molecule has 0 aliphatic rings. The number of aldehydes is 1. The van der Waals surface area contributed by atoms with Crippen molar-refractivity contribution in [1.29, 1.82) is 0 Å². The molecule has 3 aromatic rings. The summed E-state index contributed by atoms with van der Waals surface area (Å²) in [5.41, 5.74) is 1.98. The van der Waals surface area contributed by atoms with E-state index in [1.165, 1.54) is 0 Å². The zero-order valence-electron chi connectivity index (χ0n) is 10.7. The van der Waals surface area contributed by atoms with Crippen LogP contribution in [0.2, 0.25) is 0 Å². The van der Waals surface area contributed by atoms with E-state index >= 15 is 0 Å².